The summed E-state index contributed by atoms with van der Waals surface area (Å²) in [5.74, 6) is 0. The summed E-state index contributed by atoms with van der Waals surface area (Å²) in [6, 6.07) is 10.5. The maximum atomic E-state index is 8.81. The van der Waals surface area contributed by atoms with Crippen LogP contribution >= 0.6 is 0 Å². The van der Waals surface area contributed by atoms with Gasteiger partial charge in [0, 0.05) is 12.6 Å². The lowest BCUT2D eigenvalue weighted by molar-refractivity contribution is 0.269. The van der Waals surface area contributed by atoms with Crippen molar-refractivity contribution in [3.63, 3.8) is 0 Å². The molecule has 0 heterocycles. The lowest BCUT2D eigenvalue weighted by Crippen LogP contribution is -2.29. The lowest BCUT2D eigenvalue weighted by atomic mass is 10.1. The Hall–Kier alpha value is -1.37. The number of benzene rings is 1. The minimum Gasteiger partial charge on any atom is -0.313 e. The third-order valence-corrected chi connectivity index (χ3v) is 3.13. The van der Waals surface area contributed by atoms with E-state index in [1.165, 1.54) is 5.56 Å². The van der Waals surface area contributed by atoms with Gasteiger partial charge in [0.05, 0.1) is 11.6 Å². The summed E-state index contributed by atoms with van der Waals surface area (Å²) < 4.78 is 0. The molecule has 18 heavy (non-hydrogen) atoms. The molecule has 1 rings (SSSR count). The van der Waals surface area contributed by atoms with Gasteiger partial charge in [-0.1, -0.05) is 12.1 Å². The molecule has 0 bridgehead atoms. The van der Waals surface area contributed by atoms with Crippen LogP contribution < -0.4 is 5.32 Å². The number of hydrogen-bond donors (Lipinski definition) is 1. The Labute approximate surface area is 110 Å². The zero-order valence-electron chi connectivity index (χ0n) is 11.6. The third-order valence-electron chi connectivity index (χ3n) is 3.13. The highest BCUT2D eigenvalue weighted by Gasteiger charge is 2.01. The van der Waals surface area contributed by atoms with Crippen molar-refractivity contribution < 1.29 is 0 Å². The molecule has 1 aromatic carbocycles. The minimum atomic E-state index is 0.609. The van der Waals surface area contributed by atoms with E-state index in [9.17, 15) is 0 Å². The van der Waals surface area contributed by atoms with Crippen molar-refractivity contribution >= 4 is 0 Å². The van der Waals surface area contributed by atoms with Crippen molar-refractivity contribution in [2.24, 2.45) is 0 Å². The van der Waals surface area contributed by atoms with Gasteiger partial charge < -0.3 is 10.2 Å². The van der Waals surface area contributed by atoms with Gasteiger partial charge in [0.2, 0.25) is 0 Å². The normalized spacial score (nSPS) is 10.9. The van der Waals surface area contributed by atoms with E-state index in [2.05, 4.69) is 37.2 Å². The smallest absolute Gasteiger partial charge is 0.0991 e. The van der Waals surface area contributed by atoms with Gasteiger partial charge in [-0.2, -0.15) is 5.26 Å². The van der Waals surface area contributed by atoms with E-state index < -0.39 is 0 Å². The zero-order chi connectivity index (χ0) is 13.4. The molecule has 0 radical (unpaired) electrons. The van der Waals surface area contributed by atoms with E-state index in [0.29, 0.717) is 6.04 Å². The second kappa shape index (κ2) is 7.86. The van der Waals surface area contributed by atoms with E-state index in [4.69, 9.17) is 5.26 Å². The molecule has 0 atom stereocenters. The van der Waals surface area contributed by atoms with Crippen LogP contribution in [0, 0.1) is 11.3 Å². The average molecular weight is 245 g/mol. The van der Waals surface area contributed by atoms with Crippen molar-refractivity contribution in [1.82, 2.24) is 10.2 Å². The van der Waals surface area contributed by atoms with Gasteiger partial charge in [0.15, 0.2) is 0 Å². The molecule has 0 saturated heterocycles. The first-order chi connectivity index (χ1) is 8.63. The lowest BCUT2D eigenvalue weighted by Gasteiger charge is -2.20. The number of nitrogens with one attached hydrogen (secondary N) is 1. The van der Waals surface area contributed by atoms with Crippen LogP contribution in [-0.2, 0) is 6.54 Å². The standard InChI is InChI=1S/C15H23N3/c1-13(2)18(3)9-5-8-17-12-15-7-4-6-14(10-15)11-16/h4,6-7,10,13,17H,5,8-9,12H2,1-3H3. The highest BCUT2D eigenvalue weighted by molar-refractivity contribution is 5.32. The van der Waals surface area contributed by atoms with Crippen LogP contribution in [0.15, 0.2) is 24.3 Å². The Kier molecular flexibility index (Phi) is 6.42. The molecule has 0 fully saturated rings. The van der Waals surface area contributed by atoms with Crippen LogP contribution in [-0.4, -0.2) is 31.1 Å². The van der Waals surface area contributed by atoms with Crippen LogP contribution in [0.3, 0.4) is 0 Å². The fourth-order valence-electron chi connectivity index (χ4n) is 1.70. The minimum absolute atomic E-state index is 0.609. The van der Waals surface area contributed by atoms with Gasteiger partial charge >= 0.3 is 0 Å². The highest BCUT2D eigenvalue weighted by Crippen LogP contribution is 2.03. The number of nitrogens with zero attached hydrogens (tertiary/aromatic N) is 2. The summed E-state index contributed by atoms with van der Waals surface area (Å²) in [7, 11) is 2.15. The molecule has 0 aliphatic rings. The quantitative estimate of drug-likeness (QED) is 0.750. The SMILES string of the molecule is CC(C)N(C)CCCNCc1cccc(C#N)c1. The summed E-state index contributed by atoms with van der Waals surface area (Å²) in [5.41, 5.74) is 1.90. The van der Waals surface area contributed by atoms with Gasteiger partial charge in [-0.25, -0.2) is 0 Å². The first-order valence-electron chi connectivity index (χ1n) is 6.53. The molecule has 0 aliphatic carbocycles. The molecule has 0 aromatic heterocycles. The van der Waals surface area contributed by atoms with Gasteiger partial charge in [-0.15, -0.1) is 0 Å². The molecule has 0 aliphatic heterocycles. The molecule has 0 unspecified atom stereocenters. The number of rotatable bonds is 7. The summed E-state index contributed by atoms with van der Waals surface area (Å²) in [5, 5.41) is 12.2. The van der Waals surface area contributed by atoms with E-state index in [1.54, 1.807) is 0 Å². The van der Waals surface area contributed by atoms with Crippen LogP contribution in [0.2, 0.25) is 0 Å². The average Bonchev–Trinajstić information content (AvgIpc) is 2.38. The molecule has 3 nitrogen and oxygen atoms in total. The van der Waals surface area contributed by atoms with E-state index in [1.807, 2.05) is 24.3 Å². The van der Waals surface area contributed by atoms with Crippen molar-refractivity contribution in [3.05, 3.63) is 35.4 Å². The monoisotopic (exact) mass is 245 g/mol. The van der Waals surface area contributed by atoms with Crippen molar-refractivity contribution in [2.75, 3.05) is 20.1 Å². The zero-order valence-corrected chi connectivity index (χ0v) is 11.6. The summed E-state index contributed by atoms with van der Waals surface area (Å²) >= 11 is 0. The first kappa shape index (κ1) is 14.7. The maximum absolute atomic E-state index is 8.81. The molecule has 1 aromatic rings. The van der Waals surface area contributed by atoms with E-state index >= 15 is 0 Å². The Morgan fingerprint density at radius 1 is 1.39 bits per heavy atom. The molecule has 0 amide bonds. The Morgan fingerprint density at radius 2 is 2.17 bits per heavy atom. The summed E-state index contributed by atoms with van der Waals surface area (Å²) in [6.07, 6.45) is 1.15. The van der Waals surface area contributed by atoms with E-state index in [-0.39, 0.29) is 0 Å². The molecular weight excluding hydrogens is 222 g/mol. The largest absolute Gasteiger partial charge is 0.313 e. The molecule has 0 saturated carbocycles. The Balaban J connectivity index is 2.20. The fourth-order valence-corrected chi connectivity index (χ4v) is 1.70. The second-order valence-electron chi connectivity index (χ2n) is 4.92. The van der Waals surface area contributed by atoms with E-state index in [0.717, 1.165) is 31.6 Å². The van der Waals surface area contributed by atoms with Crippen LogP contribution in [0.5, 0.6) is 0 Å². The third kappa shape index (κ3) is 5.31. The van der Waals surface area contributed by atoms with Crippen molar-refractivity contribution in [2.45, 2.75) is 32.9 Å². The predicted octanol–water partition coefficient (Wildman–Crippen LogP) is 2.38. The van der Waals surface area contributed by atoms with Crippen LogP contribution in [0.25, 0.3) is 0 Å². The Morgan fingerprint density at radius 3 is 2.83 bits per heavy atom. The van der Waals surface area contributed by atoms with Crippen LogP contribution in [0.1, 0.15) is 31.4 Å². The maximum Gasteiger partial charge on any atom is 0.0991 e. The van der Waals surface area contributed by atoms with Gasteiger partial charge in [-0.05, 0) is 58.1 Å². The highest BCUT2D eigenvalue weighted by atomic mass is 15.1. The van der Waals surface area contributed by atoms with Gasteiger partial charge in [0.25, 0.3) is 0 Å². The van der Waals surface area contributed by atoms with Crippen molar-refractivity contribution in [1.29, 1.82) is 5.26 Å². The molecule has 3 heteroatoms. The van der Waals surface area contributed by atoms with Crippen molar-refractivity contribution in [3.8, 4) is 6.07 Å². The molecule has 0 spiro atoms. The number of hydrogen-bond acceptors (Lipinski definition) is 3. The summed E-state index contributed by atoms with van der Waals surface area (Å²) in [4.78, 5) is 2.35. The second-order valence-corrected chi connectivity index (χ2v) is 4.92. The Bertz CT molecular complexity index is 393. The number of nitriles is 1. The fraction of sp³-hybridized carbons (Fsp3) is 0.533. The van der Waals surface area contributed by atoms with Crippen LogP contribution in [0.4, 0.5) is 0 Å². The molecule has 98 valence electrons. The topological polar surface area (TPSA) is 39.1 Å². The summed E-state index contributed by atoms with van der Waals surface area (Å²) in [6.45, 7) is 7.37. The van der Waals surface area contributed by atoms with Gasteiger partial charge in [0.1, 0.15) is 0 Å². The molecule has 1 N–H and O–H groups in total. The molecular formula is C15H23N3. The predicted molar refractivity (Wildman–Crippen MR) is 75.2 cm³/mol. The van der Waals surface area contributed by atoms with Gasteiger partial charge in [-0.3, -0.25) is 0 Å². The first-order valence-corrected chi connectivity index (χ1v) is 6.53.